The highest BCUT2D eigenvalue weighted by molar-refractivity contribution is 5.78. The molecule has 9 heteroatoms. The van der Waals surface area contributed by atoms with Crippen LogP contribution in [-0.2, 0) is 11.2 Å². The molecule has 21 heavy (non-hydrogen) atoms. The Kier molecular flexibility index (Phi) is 3.38. The first-order valence-corrected chi connectivity index (χ1v) is 6.07. The van der Waals surface area contributed by atoms with Crippen LogP contribution in [0, 0.1) is 13.8 Å². The Labute approximate surface area is 117 Å². The van der Waals surface area contributed by atoms with Crippen LogP contribution in [0.1, 0.15) is 24.0 Å². The third-order valence-electron chi connectivity index (χ3n) is 3.18. The summed E-state index contributed by atoms with van der Waals surface area (Å²) in [6.07, 6.45) is -0.224. The van der Waals surface area contributed by atoms with Crippen molar-refractivity contribution in [3.8, 4) is 5.69 Å². The zero-order valence-electron chi connectivity index (χ0n) is 11.7. The minimum Gasteiger partial charge on any atom is -0.480 e. The van der Waals surface area contributed by atoms with Crippen LogP contribution in [-0.4, -0.2) is 26.5 Å². The topological polar surface area (TPSA) is 144 Å². The third-order valence-corrected chi connectivity index (χ3v) is 3.18. The van der Waals surface area contributed by atoms with E-state index in [2.05, 4.69) is 5.16 Å². The first-order valence-electron chi connectivity index (χ1n) is 6.07. The lowest BCUT2D eigenvalue weighted by atomic mass is 9.94. The van der Waals surface area contributed by atoms with E-state index in [1.165, 1.54) is 20.8 Å². The van der Waals surface area contributed by atoms with Gasteiger partial charge in [0.15, 0.2) is 11.4 Å². The maximum atomic E-state index is 12.3. The minimum atomic E-state index is -1.62. The van der Waals surface area contributed by atoms with E-state index >= 15 is 0 Å². The summed E-state index contributed by atoms with van der Waals surface area (Å²) >= 11 is 0. The Balaban J connectivity index is 2.57. The number of aliphatic carboxylic acids is 1. The van der Waals surface area contributed by atoms with Gasteiger partial charge in [-0.2, -0.15) is 5.16 Å². The summed E-state index contributed by atoms with van der Waals surface area (Å²) in [4.78, 5) is 35.0. The van der Waals surface area contributed by atoms with E-state index in [-0.39, 0.29) is 29.2 Å². The van der Waals surface area contributed by atoms with E-state index in [9.17, 15) is 14.4 Å². The molecule has 2 heterocycles. The molecule has 2 aromatic rings. The molecule has 0 fully saturated rings. The molecule has 0 radical (unpaired) electrons. The van der Waals surface area contributed by atoms with Gasteiger partial charge in [0.2, 0.25) is 0 Å². The molecule has 114 valence electrons. The number of carboxylic acids is 1. The van der Waals surface area contributed by atoms with Gasteiger partial charge in [-0.25, -0.2) is 0 Å². The van der Waals surface area contributed by atoms with Crippen molar-refractivity contribution in [2.75, 3.05) is 0 Å². The molecule has 1 atom stereocenters. The average Bonchev–Trinajstić information content (AvgIpc) is 2.83. The van der Waals surface area contributed by atoms with Crippen molar-refractivity contribution in [1.29, 1.82) is 0 Å². The molecule has 0 aliphatic heterocycles. The number of rotatable bonds is 4. The van der Waals surface area contributed by atoms with Crippen molar-refractivity contribution in [2.45, 2.75) is 32.7 Å². The van der Waals surface area contributed by atoms with Gasteiger partial charge in [0.1, 0.15) is 11.3 Å². The molecule has 0 saturated carbocycles. The van der Waals surface area contributed by atoms with Gasteiger partial charge in [-0.05, 0) is 20.8 Å². The third kappa shape index (κ3) is 2.42. The van der Waals surface area contributed by atoms with Crippen molar-refractivity contribution in [1.82, 2.24) is 9.90 Å². The largest absolute Gasteiger partial charge is 0.480 e. The van der Waals surface area contributed by atoms with Crippen molar-refractivity contribution < 1.29 is 18.9 Å². The van der Waals surface area contributed by atoms with E-state index in [1.54, 1.807) is 0 Å². The lowest BCUT2D eigenvalue weighted by Crippen LogP contribution is -2.47. The Hall–Kier alpha value is -2.55. The van der Waals surface area contributed by atoms with Crippen LogP contribution >= 0.6 is 0 Å². The normalized spacial score (nSPS) is 14.1. The first kappa shape index (κ1) is 14.9. The monoisotopic (exact) mass is 297 g/mol. The van der Waals surface area contributed by atoms with Crippen LogP contribution in [0.2, 0.25) is 0 Å². The lowest BCUT2D eigenvalue weighted by Gasteiger charge is -2.17. The van der Waals surface area contributed by atoms with Crippen LogP contribution in [0.5, 0.6) is 0 Å². The van der Waals surface area contributed by atoms with Crippen LogP contribution in [0.4, 0.5) is 0 Å². The quantitative estimate of drug-likeness (QED) is 0.700. The molecule has 9 nitrogen and oxygen atoms in total. The van der Waals surface area contributed by atoms with E-state index in [0.29, 0.717) is 0 Å². The number of hydrogen-bond donors (Lipinski definition) is 3. The molecule has 0 aliphatic carbocycles. The maximum Gasteiger partial charge on any atom is 0.323 e. The van der Waals surface area contributed by atoms with Crippen molar-refractivity contribution >= 4 is 5.97 Å². The summed E-state index contributed by atoms with van der Waals surface area (Å²) in [5.74, 6) is -0.875. The SMILES string of the molecule is Cc1o[nH]c(=O)c1-n1oc(C)c(CC(C)(N)C(=O)O)c1=O. The molecule has 0 aliphatic rings. The number of nitrogens with one attached hydrogen (secondary N) is 1. The molecule has 0 aromatic carbocycles. The molecule has 0 saturated heterocycles. The lowest BCUT2D eigenvalue weighted by molar-refractivity contribution is -0.142. The molecule has 0 amide bonds. The second kappa shape index (κ2) is 4.77. The number of H-pyrrole nitrogens is 1. The van der Waals surface area contributed by atoms with Gasteiger partial charge >= 0.3 is 11.5 Å². The molecule has 0 bridgehead atoms. The molecular formula is C12H15N3O6. The molecule has 4 N–H and O–H groups in total. The van der Waals surface area contributed by atoms with Crippen molar-refractivity contribution in [2.24, 2.45) is 5.73 Å². The summed E-state index contributed by atoms with van der Waals surface area (Å²) in [7, 11) is 0. The standard InChI is InChI=1S/C12H15N3O6/c1-5-7(4-12(3,13)11(18)19)10(17)15(21-5)8-6(2)20-14-9(8)16/h4,13H2,1-3H3,(H,14,16)(H,18,19). The zero-order chi connectivity index (χ0) is 15.9. The van der Waals surface area contributed by atoms with E-state index in [1.807, 2.05) is 0 Å². The Morgan fingerprint density at radius 1 is 1.38 bits per heavy atom. The molecule has 1 unspecified atom stereocenters. The van der Waals surface area contributed by atoms with Gasteiger partial charge in [0, 0.05) is 6.42 Å². The smallest absolute Gasteiger partial charge is 0.323 e. The minimum absolute atomic E-state index is 0.0802. The molecule has 2 rings (SSSR count). The highest BCUT2D eigenvalue weighted by atomic mass is 16.5. The highest BCUT2D eigenvalue weighted by Gasteiger charge is 2.32. The molecule has 2 aromatic heterocycles. The predicted molar refractivity (Wildman–Crippen MR) is 70.6 cm³/mol. The van der Waals surface area contributed by atoms with Gasteiger partial charge in [0.05, 0.1) is 5.56 Å². The maximum absolute atomic E-state index is 12.3. The fourth-order valence-electron chi connectivity index (χ4n) is 1.91. The van der Waals surface area contributed by atoms with Crippen LogP contribution < -0.4 is 16.9 Å². The number of aromatic amines is 1. The zero-order valence-corrected chi connectivity index (χ0v) is 11.7. The summed E-state index contributed by atoms with van der Waals surface area (Å²) in [6, 6.07) is 0. The number of nitrogens with two attached hydrogens (primary N) is 1. The van der Waals surface area contributed by atoms with Crippen LogP contribution in [0.3, 0.4) is 0 Å². The number of nitrogens with zero attached hydrogens (tertiary/aromatic N) is 1. The predicted octanol–water partition coefficient (Wildman–Crippen LogP) is -0.327. The molecule has 0 spiro atoms. The highest BCUT2D eigenvalue weighted by Crippen LogP contribution is 2.15. The fourth-order valence-corrected chi connectivity index (χ4v) is 1.91. The Morgan fingerprint density at radius 2 is 2.00 bits per heavy atom. The summed E-state index contributed by atoms with van der Waals surface area (Å²) in [5.41, 5.74) is 2.78. The van der Waals surface area contributed by atoms with Crippen LogP contribution in [0.15, 0.2) is 18.6 Å². The van der Waals surface area contributed by atoms with E-state index < -0.39 is 22.6 Å². The van der Waals surface area contributed by atoms with Crippen LogP contribution in [0.25, 0.3) is 5.69 Å². The fraction of sp³-hybridized carbons (Fsp3) is 0.417. The second-order valence-corrected chi connectivity index (χ2v) is 5.06. The number of aromatic nitrogens is 2. The number of carbonyl (C=O) groups is 1. The van der Waals surface area contributed by atoms with E-state index in [0.717, 1.165) is 4.74 Å². The van der Waals surface area contributed by atoms with Gasteiger partial charge in [-0.15, -0.1) is 4.74 Å². The summed E-state index contributed by atoms with van der Waals surface area (Å²) in [5, 5.41) is 11.1. The Morgan fingerprint density at radius 3 is 2.48 bits per heavy atom. The first-order chi connectivity index (χ1) is 9.65. The van der Waals surface area contributed by atoms with Gasteiger partial charge in [-0.1, -0.05) is 0 Å². The van der Waals surface area contributed by atoms with Gasteiger partial charge in [0.25, 0.3) is 5.56 Å². The second-order valence-electron chi connectivity index (χ2n) is 5.06. The van der Waals surface area contributed by atoms with Gasteiger partial charge < -0.3 is 19.9 Å². The summed E-state index contributed by atoms with van der Waals surface area (Å²) < 4.78 is 10.8. The number of carboxylic acid groups (broad SMARTS) is 1. The average molecular weight is 297 g/mol. The molecular weight excluding hydrogens is 282 g/mol. The van der Waals surface area contributed by atoms with Crippen molar-refractivity contribution in [3.05, 3.63) is 37.8 Å². The van der Waals surface area contributed by atoms with Crippen molar-refractivity contribution in [3.63, 3.8) is 0 Å². The summed E-state index contributed by atoms with van der Waals surface area (Å²) in [6.45, 7) is 4.28. The van der Waals surface area contributed by atoms with Gasteiger partial charge in [-0.3, -0.25) is 14.4 Å². The van der Waals surface area contributed by atoms with E-state index in [4.69, 9.17) is 19.9 Å². The number of hydrogen-bond acceptors (Lipinski definition) is 6. The number of aryl methyl sites for hydroxylation is 2. The Bertz CT molecular complexity index is 804.